The van der Waals surface area contributed by atoms with Gasteiger partial charge in [-0.3, -0.25) is 15.0 Å². The Balaban J connectivity index is 1.90. The largest absolute Gasteiger partial charge is 0.334 e. The summed E-state index contributed by atoms with van der Waals surface area (Å²) >= 11 is 0. The van der Waals surface area contributed by atoms with Gasteiger partial charge in [-0.05, 0) is 18.1 Å². The van der Waals surface area contributed by atoms with Crippen molar-refractivity contribution < 1.29 is 9.59 Å². The van der Waals surface area contributed by atoms with Gasteiger partial charge in [0.15, 0.2) is 0 Å². The van der Waals surface area contributed by atoms with Crippen LogP contribution >= 0.6 is 0 Å². The van der Waals surface area contributed by atoms with Gasteiger partial charge in [0.2, 0.25) is 5.91 Å². The molecule has 0 bridgehead atoms. The molecule has 3 N–H and O–H groups in total. The number of fused-ring (bicyclic) bond motifs is 1. The number of hydrazine groups is 1. The fraction of sp³-hybridized carbons (Fsp3) is 0.333. The molecule has 1 aliphatic rings. The number of nitrogens with zero attached hydrogens (tertiary/aromatic N) is 1. The van der Waals surface area contributed by atoms with E-state index >= 15 is 0 Å². The molecular weight excluding hydrogens is 218 g/mol. The molecule has 1 heterocycles. The first-order chi connectivity index (χ1) is 8.22. The molecule has 0 fully saturated rings. The topological polar surface area (TPSA) is 75.4 Å². The highest BCUT2D eigenvalue weighted by Gasteiger charge is 2.25. The third kappa shape index (κ3) is 2.45. The minimum atomic E-state index is -0.200. The minimum absolute atomic E-state index is 0.0498. The van der Waals surface area contributed by atoms with Crippen molar-refractivity contribution in [3.63, 3.8) is 0 Å². The first kappa shape index (κ1) is 11.6. The average Bonchev–Trinajstić information content (AvgIpc) is 2.67. The predicted molar refractivity (Wildman–Crippen MR) is 62.7 cm³/mol. The van der Waals surface area contributed by atoms with Crippen LogP contribution in [0.2, 0.25) is 0 Å². The fourth-order valence-corrected chi connectivity index (χ4v) is 2.00. The summed E-state index contributed by atoms with van der Waals surface area (Å²) in [6.07, 6.45) is 0.972. The molecule has 0 saturated carbocycles. The van der Waals surface area contributed by atoms with Gasteiger partial charge < -0.3 is 4.90 Å². The number of benzene rings is 1. The summed E-state index contributed by atoms with van der Waals surface area (Å²) in [4.78, 5) is 24.6. The van der Waals surface area contributed by atoms with Gasteiger partial charge in [0.1, 0.15) is 0 Å². The normalized spacial score (nSPS) is 13.7. The molecule has 0 saturated heterocycles. The molecule has 17 heavy (non-hydrogen) atoms. The predicted octanol–water partition coefficient (Wildman–Crippen LogP) is 0.412. The van der Waals surface area contributed by atoms with Gasteiger partial charge in [-0.1, -0.05) is 18.2 Å². The maximum atomic E-state index is 11.9. The molecule has 0 unspecified atom stereocenters. The van der Waals surface area contributed by atoms with Crippen molar-refractivity contribution in [2.24, 2.45) is 5.84 Å². The highest BCUT2D eigenvalue weighted by molar-refractivity contribution is 5.98. The second kappa shape index (κ2) is 4.97. The lowest BCUT2D eigenvalue weighted by Gasteiger charge is -2.14. The average molecular weight is 233 g/mol. The number of amides is 2. The standard InChI is InChI=1S/C12H15N3O2/c13-14-11(16)6-3-7-15-8-9-4-1-2-5-10(9)12(15)17/h1-2,4-5H,3,6-8,13H2,(H,14,16). The summed E-state index contributed by atoms with van der Waals surface area (Å²) in [6.45, 7) is 1.22. The smallest absolute Gasteiger partial charge is 0.254 e. The minimum Gasteiger partial charge on any atom is -0.334 e. The van der Waals surface area contributed by atoms with Crippen LogP contribution in [0.3, 0.4) is 0 Å². The molecule has 90 valence electrons. The van der Waals surface area contributed by atoms with E-state index in [4.69, 9.17) is 5.84 Å². The molecule has 0 aliphatic carbocycles. The molecule has 0 aromatic heterocycles. The van der Waals surface area contributed by atoms with Crippen LogP contribution in [0.5, 0.6) is 0 Å². The molecule has 2 amide bonds. The lowest BCUT2D eigenvalue weighted by Crippen LogP contribution is -2.31. The summed E-state index contributed by atoms with van der Waals surface area (Å²) in [6, 6.07) is 7.59. The highest BCUT2D eigenvalue weighted by Crippen LogP contribution is 2.22. The summed E-state index contributed by atoms with van der Waals surface area (Å²) in [5.74, 6) is 4.83. The summed E-state index contributed by atoms with van der Waals surface area (Å²) in [5.41, 5.74) is 3.91. The van der Waals surface area contributed by atoms with E-state index in [-0.39, 0.29) is 11.8 Å². The Bertz CT molecular complexity index is 445. The Morgan fingerprint density at radius 1 is 1.41 bits per heavy atom. The van der Waals surface area contributed by atoms with Gasteiger partial charge in [-0.25, -0.2) is 5.84 Å². The van der Waals surface area contributed by atoms with Crippen LogP contribution in [-0.2, 0) is 11.3 Å². The first-order valence-corrected chi connectivity index (χ1v) is 5.59. The second-order valence-corrected chi connectivity index (χ2v) is 4.05. The van der Waals surface area contributed by atoms with Gasteiger partial charge in [0.05, 0.1) is 0 Å². The van der Waals surface area contributed by atoms with Crippen LogP contribution in [0.15, 0.2) is 24.3 Å². The zero-order valence-electron chi connectivity index (χ0n) is 9.48. The van der Waals surface area contributed by atoms with Gasteiger partial charge in [0, 0.05) is 25.1 Å². The number of carbonyl (C=O) groups is 2. The zero-order chi connectivity index (χ0) is 12.3. The number of rotatable bonds is 4. The van der Waals surface area contributed by atoms with Crippen molar-refractivity contribution in [2.75, 3.05) is 6.54 Å². The maximum absolute atomic E-state index is 11.9. The van der Waals surface area contributed by atoms with Crippen molar-refractivity contribution in [3.8, 4) is 0 Å². The molecule has 1 aliphatic heterocycles. The van der Waals surface area contributed by atoms with E-state index in [1.165, 1.54) is 0 Å². The molecule has 5 heteroatoms. The molecule has 5 nitrogen and oxygen atoms in total. The highest BCUT2D eigenvalue weighted by atomic mass is 16.2. The summed E-state index contributed by atoms with van der Waals surface area (Å²) in [7, 11) is 0. The number of hydrogen-bond acceptors (Lipinski definition) is 3. The number of nitrogens with one attached hydrogen (secondary N) is 1. The van der Waals surface area contributed by atoms with Gasteiger partial charge in [0.25, 0.3) is 5.91 Å². The molecule has 1 aromatic carbocycles. The van der Waals surface area contributed by atoms with Crippen LogP contribution < -0.4 is 11.3 Å². The Morgan fingerprint density at radius 3 is 2.88 bits per heavy atom. The Morgan fingerprint density at radius 2 is 2.18 bits per heavy atom. The van der Waals surface area contributed by atoms with E-state index in [2.05, 4.69) is 5.43 Å². The van der Waals surface area contributed by atoms with Crippen LogP contribution in [0, 0.1) is 0 Å². The number of hydrogen-bond donors (Lipinski definition) is 2. The van der Waals surface area contributed by atoms with Crippen molar-refractivity contribution in [1.29, 1.82) is 0 Å². The van der Waals surface area contributed by atoms with E-state index in [9.17, 15) is 9.59 Å². The zero-order valence-corrected chi connectivity index (χ0v) is 9.48. The van der Waals surface area contributed by atoms with Gasteiger partial charge in [-0.15, -0.1) is 0 Å². The van der Waals surface area contributed by atoms with Crippen LogP contribution in [-0.4, -0.2) is 23.3 Å². The number of carbonyl (C=O) groups excluding carboxylic acids is 2. The molecule has 0 radical (unpaired) electrons. The second-order valence-electron chi connectivity index (χ2n) is 4.05. The molecular formula is C12H15N3O2. The van der Waals surface area contributed by atoms with Crippen molar-refractivity contribution in [1.82, 2.24) is 10.3 Å². The maximum Gasteiger partial charge on any atom is 0.254 e. The van der Waals surface area contributed by atoms with Crippen LogP contribution in [0.4, 0.5) is 0 Å². The molecule has 0 spiro atoms. The monoisotopic (exact) mass is 233 g/mol. The molecule has 0 atom stereocenters. The van der Waals surface area contributed by atoms with Crippen LogP contribution in [0.25, 0.3) is 0 Å². The van der Waals surface area contributed by atoms with Crippen LogP contribution in [0.1, 0.15) is 28.8 Å². The lowest BCUT2D eigenvalue weighted by molar-refractivity contribution is -0.121. The molecule has 2 rings (SSSR count). The van der Waals surface area contributed by atoms with E-state index in [1.807, 2.05) is 24.3 Å². The lowest BCUT2D eigenvalue weighted by atomic mass is 10.1. The van der Waals surface area contributed by atoms with Crippen molar-refractivity contribution in [3.05, 3.63) is 35.4 Å². The quantitative estimate of drug-likeness (QED) is 0.449. The van der Waals surface area contributed by atoms with Gasteiger partial charge >= 0.3 is 0 Å². The van der Waals surface area contributed by atoms with E-state index in [0.717, 1.165) is 11.1 Å². The van der Waals surface area contributed by atoms with E-state index in [0.29, 0.717) is 25.9 Å². The number of nitrogens with two attached hydrogens (primary N) is 1. The third-order valence-electron chi connectivity index (χ3n) is 2.89. The summed E-state index contributed by atoms with van der Waals surface area (Å²) in [5, 5.41) is 0. The Kier molecular flexibility index (Phi) is 3.39. The Hall–Kier alpha value is -1.88. The third-order valence-corrected chi connectivity index (χ3v) is 2.89. The molecule has 1 aromatic rings. The fourth-order valence-electron chi connectivity index (χ4n) is 2.00. The van der Waals surface area contributed by atoms with Gasteiger partial charge in [-0.2, -0.15) is 0 Å². The Labute approximate surface area is 99.6 Å². The summed E-state index contributed by atoms with van der Waals surface area (Å²) < 4.78 is 0. The van der Waals surface area contributed by atoms with E-state index in [1.54, 1.807) is 4.90 Å². The van der Waals surface area contributed by atoms with Crippen molar-refractivity contribution >= 4 is 11.8 Å². The van der Waals surface area contributed by atoms with E-state index < -0.39 is 0 Å². The SMILES string of the molecule is NNC(=O)CCCN1Cc2ccccc2C1=O. The van der Waals surface area contributed by atoms with Crippen molar-refractivity contribution in [2.45, 2.75) is 19.4 Å². The first-order valence-electron chi connectivity index (χ1n) is 5.59.